The highest BCUT2D eigenvalue weighted by molar-refractivity contribution is 5.79. The largest absolute Gasteiger partial charge is 0.480 e. The Hall–Kier alpha value is -2.70. The summed E-state index contributed by atoms with van der Waals surface area (Å²) < 4.78 is 4.85. The van der Waals surface area contributed by atoms with Gasteiger partial charge in [0, 0.05) is 12.4 Å². The number of aliphatic carboxylic acids is 1. The van der Waals surface area contributed by atoms with Crippen LogP contribution < -0.4 is 5.32 Å². The first-order chi connectivity index (χ1) is 10.7. The van der Waals surface area contributed by atoms with Crippen LogP contribution in [0.3, 0.4) is 0 Å². The zero-order chi connectivity index (χ0) is 17.5. The molecule has 7 heteroatoms. The van der Waals surface area contributed by atoms with Crippen molar-refractivity contribution >= 4 is 23.1 Å². The van der Waals surface area contributed by atoms with Gasteiger partial charge in [-0.05, 0) is 39.8 Å². The number of aromatic nitrogens is 2. The van der Waals surface area contributed by atoms with Crippen molar-refractivity contribution in [3.8, 4) is 0 Å². The number of carbonyl (C=O) groups excluding carboxylic acids is 1. The number of fused-ring (bicyclic) bond motifs is 1. The van der Waals surface area contributed by atoms with Crippen LogP contribution in [0.4, 0.5) is 4.79 Å². The van der Waals surface area contributed by atoms with Gasteiger partial charge in [0.15, 0.2) is 0 Å². The van der Waals surface area contributed by atoms with Gasteiger partial charge in [-0.3, -0.25) is 14.8 Å². The van der Waals surface area contributed by atoms with E-state index in [2.05, 4.69) is 15.3 Å². The maximum absolute atomic E-state index is 11.0. The lowest BCUT2D eigenvalue weighted by atomic mass is 10.2. The molecule has 1 heterocycles. The molecule has 1 unspecified atom stereocenters. The number of ether oxygens (including phenoxy) is 1. The summed E-state index contributed by atoms with van der Waals surface area (Å²) in [6.45, 7) is 6.49. The third-order valence-corrected chi connectivity index (χ3v) is 2.48. The van der Waals surface area contributed by atoms with E-state index in [0.717, 1.165) is 11.0 Å². The van der Waals surface area contributed by atoms with E-state index >= 15 is 0 Å². The Kier molecular flexibility index (Phi) is 6.44. The highest BCUT2D eigenvalue weighted by Gasteiger charge is 2.20. The molecule has 0 saturated carbocycles. The summed E-state index contributed by atoms with van der Waals surface area (Å²) in [5.74, 6) is -1.09. The molecule has 1 aromatic heterocycles. The van der Waals surface area contributed by atoms with Crippen LogP contribution in [0.25, 0.3) is 11.0 Å². The predicted molar refractivity (Wildman–Crippen MR) is 86.0 cm³/mol. The van der Waals surface area contributed by atoms with Crippen LogP contribution in [0, 0.1) is 0 Å². The number of carbonyl (C=O) groups is 2. The van der Waals surface area contributed by atoms with Crippen LogP contribution >= 0.6 is 0 Å². The van der Waals surface area contributed by atoms with Crippen molar-refractivity contribution in [2.45, 2.75) is 39.3 Å². The molecule has 0 aliphatic heterocycles. The summed E-state index contributed by atoms with van der Waals surface area (Å²) >= 11 is 0. The summed E-state index contributed by atoms with van der Waals surface area (Å²) in [6.07, 6.45) is 2.67. The monoisotopic (exact) mass is 319 g/mol. The number of carboxylic acid groups (broad SMARTS) is 1. The number of para-hydroxylation sites is 2. The molecule has 1 amide bonds. The van der Waals surface area contributed by atoms with Crippen LogP contribution in [-0.4, -0.2) is 38.8 Å². The SMILES string of the molecule is CC(NC(=O)OC(C)(C)C)C(=O)O.c1ccc2nccnc2c1. The van der Waals surface area contributed by atoms with Crippen molar-refractivity contribution < 1.29 is 19.4 Å². The van der Waals surface area contributed by atoms with E-state index in [0.29, 0.717) is 0 Å². The molecule has 0 radical (unpaired) electrons. The van der Waals surface area contributed by atoms with Gasteiger partial charge >= 0.3 is 12.1 Å². The van der Waals surface area contributed by atoms with Crippen LogP contribution in [0.2, 0.25) is 0 Å². The third-order valence-electron chi connectivity index (χ3n) is 2.48. The second-order valence-corrected chi connectivity index (χ2v) is 5.75. The fourth-order valence-electron chi connectivity index (χ4n) is 1.46. The molecule has 124 valence electrons. The van der Waals surface area contributed by atoms with Crippen LogP contribution in [0.15, 0.2) is 36.7 Å². The Balaban J connectivity index is 0.000000235. The number of amides is 1. The topological polar surface area (TPSA) is 101 Å². The molecule has 1 aromatic carbocycles. The predicted octanol–water partition coefficient (Wildman–Crippen LogP) is 2.61. The minimum atomic E-state index is -1.09. The number of hydrogen-bond acceptors (Lipinski definition) is 5. The zero-order valence-corrected chi connectivity index (χ0v) is 13.6. The number of carboxylic acids is 1. The smallest absolute Gasteiger partial charge is 0.408 e. The van der Waals surface area contributed by atoms with Gasteiger partial charge in [-0.25, -0.2) is 4.79 Å². The van der Waals surface area contributed by atoms with E-state index in [4.69, 9.17) is 9.84 Å². The van der Waals surface area contributed by atoms with E-state index in [9.17, 15) is 9.59 Å². The summed E-state index contributed by atoms with van der Waals surface area (Å²) in [7, 11) is 0. The van der Waals surface area contributed by atoms with E-state index in [-0.39, 0.29) is 0 Å². The Labute approximate surface area is 134 Å². The van der Waals surface area contributed by atoms with Gasteiger partial charge < -0.3 is 15.2 Å². The highest BCUT2D eigenvalue weighted by Crippen LogP contribution is 2.06. The maximum atomic E-state index is 11.0. The summed E-state index contributed by atoms with van der Waals surface area (Å²) in [5, 5.41) is 10.6. The lowest BCUT2D eigenvalue weighted by Crippen LogP contribution is -2.41. The Bertz CT molecular complexity index is 602. The molecule has 2 rings (SSSR count). The first-order valence-electron chi connectivity index (χ1n) is 7.07. The van der Waals surface area contributed by atoms with Crippen LogP contribution in [-0.2, 0) is 9.53 Å². The molecule has 2 N–H and O–H groups in total. The molecule has 0 fully saturated rings. The van der Waals surface area contributed by atoms with Gasteiger partial charge in [0.1, 0.15) is 11.6 Å². The van der Waals surface area contributed by atoms with Gasteiger partial charge in [0.25, 0.3) is 0 Å². The quantitative estimate of drug-likeness (QED) is 0.882. The van der Waals surface area contributed by atoms with Gasteiger partial charge in [0.2, 0.25) is 0 Å². The standard InChI is InChI=1S/C8H6N2.C8H15NO4/c1-2-4-8-7(3-1)9-5-6-10-8;1-5(6(10)11)9-7(12)13-8(2,3)4/h1-6H;5H,1-4H3,(H,9,12)(H,10,11). The fraction of sp³-hybridized carbons (Fsp3) is 0.375. The molecular weight excluding hydrogens is 298 g/mol. The Morgan fingerprint density at radius 2 is 1.61 bits per heavy atom. The molecule has 0 aliphatic rings. The van der Waals surface area contributed by atoms with Crippen molar-refractivity contribution in [3.05, 3.63) is 36.7 Å². The molecule has 0 bridgehead atoms. The Morgan fingerprint density at radius 3 is 2.00 bits per heavy atom. The average Bonchev–Trinajstić information content (AvgIpc) is 2.46. The van der Waals surface area contributed by atoms with Crippen molar-refractivity contribution in [3.63, 3.8) is 0 Å². The minimum absolute atomic E-state index is 0.609. The van der Waals surface area contributed by atoms with Crippen molar-refractivity contribution in [1.82, 2.24) is 15.3 Å². The van der Waals surface area contributed by atoms with Crippen LogP contribution in [0.5, 0.6) is 0 Å². The number of nitrogens with zero attached hydrogens (tertiary/aromatic N) is 2. The normalized spacial score (nSPS) is 11.8. The number of nitrogens with one attached hydrogen (secondary N) is 1. The molecule has 2 aromatic rings. The first kappa shape index (κ1) is 18.3. The molecule has 7 nitrogen and oxygen atoms in total. The summed E-state index contributed by atoms with van der Waals surface area (Å²) in [4.78, 5) is 29.5. The first-order valence-corrected chi connectivity index (χ1v) is 7.07. The number of alkyl carbamates (subject to hydrolysis) is 1. The lowest BCUT2D eigenvalue weighted by molar-refractivity contribution is -0.139. The highest BCUT2D eigenvalue weighted by atomic mass is 16.6. The zero-order valence-electron chi connectivity index (χ0n) is 13.6. The maximum Gasteiger partial charge on any atom is 0.408 e. The number of hydrogen-bond donors (Lipinski definition) is 2. The van der Waals surface area contributed by atoms with Crippen molar-refractivity contribution in [2.75, 3.05) is 0 Å². The number of rotatable bonds is 2. The second-order valence-electron chi connectivity index (χ2n) is 5.75. The second kappa shape index (κ2) is 8.07. The average molecular weight is 319 g/mol. The van der Waals surface area contributed by atoms with Crippen molar-refractivity contribution in [2.24, 2.45) is 0 Å². The van der Waals surface area contributed by atoms with E-state index in [1.165, 1.54) is 6.92 Å². The lowest BCUT2D eigenvalue weighted by Gasteiger charge is -2.20. The van der Waals surface area contributed by atoms with Crippen molar-refractivity contribution in [1.29, 1.82) is 0 Å². The van der Waals surface area contributed by atoms with Gasteiger partial charge in [-0.15, -0.1) is 0 Å². The van der Waals surface area contributed by atoms with Crippen LogP contribution in [0.1, 0.15) is 27.7 Å². The molecule has 0 aliphatic carbocycles. The molecule has 23 heavy (non-hydrogen) atoms. The minimum Gasteiger partial charge on any atom is -0.480 e. The molecule has 0 spiro atoms. The van der Waals surface area contributed by atoms with E-state index < -0.39 is 23.7 Å². The van der Waals surface area contributed by atoms with Gasteiger partial charge in [0.05, 0.1) is 11.0 Å². The third kappa shape index (κ3) is 7.21. The summed E-state index contributed by atoms with van der Waals surface area (Å²) in [5.41, 5.74) is 1.29. The van der Waals surface area contributed by atoms with Gasteiger partial charge in [-0.1, -0.05) is 12.1 Å². The van der Waals surface area contributed by atoms with Gasteiger partial charge in [-0.2, -0.15) is 0 Å². The summed E-state index contributed by atoms with van der Waals surface area (Å²) in [6, 6.07) is 6.87. The fourth-order valence-corrected chi connectivity index (χ4v) is 1.46. The molecule has 1 atom stereocenters. The molecule has 0 saturated heterocycles. The Morgan fingerprint density at radius 1 is 1.13 bits per heavy atom. The number of benzene rings is 1. The van der Waals surface area contributed by atoms with E-state index in [1.54, 1.807) is 33.2 Å². The van der Waals surface area contributed by atoms with E-state index in [1.807, 2.05) is 24.3 Å². The molecular formula is C16H21N3O4.